The van der Waals surface area contributed by atoms with Crippen LogP contribution in [0.5, 0.6) is 0 Å². The molecule has 0 bridgehead atoms. The summed E-state index contributed by atoms with van der Waals surface area (Å²) in [7, 11) is 0. The molecule has 6 heteroatoms. The van der Waals surface area contributed by atoms with Crippen molar-refractivity contribution in [2.75, 3.05) is 19.6 Å². The Morgan fingerprint density at radius 3 is 2.83 bits per heavy atom. The number of hydrogen-bond acceptors (Lipinski definition) is 4. The molecule has 0 atom stereocenters. The topological polar surface area (TPSA) is 84.3 Å². The molecule has 0 spiro atoms. The summed E-state index contributed by atoms with van der Waals surface area (Å²) >= 11 is 0. The molecule has 1 heterocycles. The van der Waals surface area contributed by atoms with Crippen molar-refractivity contribution >= 4 is 11.6 Å². The lowest BCUT2D eigenvalue weighted by Gasteiger charge is -2.27. The fraction of sp³-hybridized carbons (Fsp3) is 0.417. The van der Waals surface area contributed by atoms with Gasteiger partial charge in [0.2, 0.25) is 0 Å². The summed E-state index contributed by atoms with van der Waals surface area (Å²) in [6, 6.07) is 4.53. The van der Waals surface area contributed by atoms with Crippen molar-refractivity contribution in [3.8, 4) is 0 Å². The Bertz CT molecular complexity index is 483. The molecule has 6 nitrogen and oxygen atoms in total. The molecule has 2 N–H and O–H groups in total. The van der Waals surface area contributed by atoms with Crippen molar-refractivity contribution in [1.82, 2.24) is 10.6 Å². The predicted molar refractivity (Wildman–Crippen MR) is 66.5 cm³/mol. The van der Waals surface area contributed by atoms with E-state index in [2.05, 4.69) is 10.6 Å². The average molecular weight is 249 g/mol. The Hall–Kier alpha value is -1.95. The molecular weight excluding hydrogens is 234 g/mol. The molecule has 0 saturated carbocycles. The number of aryl methyl sites for hydroxylation is 1. The van der Waals surface area contributed by atoms with Crippen LogP contribution < -0.4 is 10.6 Å². The lowest BCUT2D eigenvalue weighted by molar-refractivity contribution is -0.385. The molecule has 1 saturated heterocycles. The molecule has 0 unspecified atom stereocenters. The molecule has 96 valence electrons. The highest BCUT2D eigenvalue weighted by Gasteiger charge is 2.19. The van der Waals surface area contributed by atoms with Crippen LogP contribution in [-0.2, 0) is 0 Å². The van der Waals surface area contributed by atoms with Gasteiger partial charge in [0.25, 0.3) is 11.6 Å². The molecule has 0 aromatic heterocycles. The van der Waals surface area contributed by atoms with Crippen LogP contribution >= 0.6 is 0 Å². The van der Waals surface area contributed by atoms with Crippen molar-refractivity contribution in [3.63, 3.8) is 0 Å². The van der Waals surface area contributed by atoms with Crippen LogP contribution in [-0.4, -0.2) is 30.5 Å². The minimum absolute atomic E-state index is 0.0204. The number of carbonyl (C=O) groups excluding carboxylic acids is 1. The van der Waals surface area contributed by atoms with Crippen LogP contribution in [0, 0.1) is 23.0 Å². The summed E-state index contributed by atoms with van der Waals surface area (Å²) in [5.74, 6) is 0.208. The van der Waals surface area contributed by atoms with E-state index in [1.165, 1.54) is 6.07 Å². The van der Waals surface area contributed by atoms with E-state index in [1.54, 1.807) is 19.1 Å². The van der Waals surface area contributed by atoms with Gasteiger partial charge in [0, 0.05) is 42.7 Å². The standard InChI is InChI=1S/C12H15N3O3/c1-8-2-3-10(4-11(8)15(17)18)12(16)14-7-9-5-13-6-9/h2-4,9,13H,5-7H2,1H3,(H,14,16). The molecule has 1 aromatic carbocycles. The summed E-state index contributed by atoms with van der Waals surface area (Å²) in [4.78, 5) is 22.1. The molecule has 1 aliphatic rings. The summed E-state index contributed by atoms with van der Waals surface area (Å²) in [6.45, 7) is 4.08. The normalized spacial score (nSPS) is 14.9. The molecule has 1 amide bonds. The van der Waals surface area contributed by atoms with Gasteiger partial charge in [-0.1, -0.05) is 6.07 Å². The van der Waals surface area contributed by atoms with E-state index < -0.39 is 4.92 Å². The van der Waals surface area contributed by atoms with Crippen LogP contribution in [0.15, 0.2) is 18.2 Å². The number of benzene rings is 1. The zero-order chi connectivity index (χ0) is 13.1. The number of nitrogens with one attached hydrogen (secondary N) is 2. The monoisotopic (exact) mass is 249 g/mol. The fourth-order valence-corrected chi connectivity index (χ4v) is 1.78. The van der Waals surface area contributed by atoms with E-state index in [1.807, 2.05) is 0 Å². The van der Waals surface area contributed by atoms with Gasteiger partial charge in [0.05, 0.1) is 4.92 Å². The van der Waals surface area contributed by atoms with Crippen molar-refractivity contribution in [1.29, 1.82) is 0 Å². The van der Waals surface area contributed by atoms with Crippen LogP contribution in [0.2, 0.25) is 0 Å². The van der Waals surface area contributed by atoms with Gasteiger partial charge in [-0.3, -0.25) is 14.9 Å². The fourth-order valence-electron chi connectivity index (χ4n) is 1.78. The van der Waals surface area contributed by atoms with Gasteiger partial charge in [-0.2, -0.15) is 0 Å². The summed E-state index contributed by atoms with van der Waals surface area (Å²) in [6.07, 6.45) is 0. The lowest BCUT2D eigenvalue weighted by Crippen LogP contribution is -2.48. The molecule has 2 rings (SSSR count). The average Bonchev–Trinajstić information content (AvgIpc) is 2.26. The van der Waals surface area contributed by atoms with Crippen molar-refractivity contribution in [2.24, 2.45) is 5.92 Å². The number of rotatable bonds is 4. The molecule has 1 aromatic rings. The largest absolute Gasteiger partial charge is 0.352 e. The van der Waals surface area contributed by atoms with Crippen molar-refractivity contribution in [3.05, 3.63) is 39.4 Å². The van der Waals surface area contributed by atoms with Gasteiger partial charge in [-0.15, -0.1) is 0 Å². The first kappa shape index (κ1) is 12.5. The first-order chi connectivity index (χ1) is 8.58. The Morgan fingerprint density at radius 1 is 1.56 bits per heavy atom. The predicted octanol–water partition coefficient (Wildman–Crippen LogP) is 0.852. The van der Waals surface area contributed by atoms with Crippen molar-refractivity contribution in [2.45, 2.75) is 6.92 Å². The highest BCUT2D eigenvalue weighted by atomic mass is 16.6. The Kier molecular flexibility index (Phi) is 3.57. The second-order valence-electron chi connectivity index (χ2n) is 4.49. The van der Waals surface area contributed by atoms with Gasteiger partial charge >= 0.3 is 0 Å². The first-order valence-electron chi connectivity index (χ1n) is 5.82. The Balaban J connectivity index is 2.04. The van der Waals surface area contributed by atoms with E-state index in [4.69, 9.17) is 0 Å². The number of nitrogens with zero attached hydrogens (tertiary/aromatic N) is 1. The van der Waals surface area contributed by atoms with Crippen LogP contribution in [0.25, 0.3) is 0 Å². The Labute approximate surface area is 105 Å². The number of nitro groups is 1. The van der Waals surface area contributed by atoms with Crippen LogP contribution in [0.1, 0.15) is 15.9 Å². The Morgan fingerprint density at radius 2 is 2.28 bits per heavy atom. The summed E-state index contributed by atoms with van der Waals surface area (Å²) < 4.78 is 0. The molecular formula is C12H15N3O3. The van der Waals surface area contributed by atoms with E-state index in [0.29, 0.717) is 23.6 Å². The summed E-state index contributed by atoms with van der Waals surface area (Å²) in [5, 5.41) is 16.7. The minimum atomic E-state index is -0.470. The molecule has 1 aliphatic heterocycles. The second-order valence-corrected chi connectivity index (χ2v) is 4.49. The van der Waals surface area contributed by atoms with E-state index in [0.717, 1.165) is 13.1 Å². The molecule has 0 aliphatic carbocycles. The SMILES string of the molecule is Cc1ccc(C(=O)NCC2CNC2)cc1[N+](=O)[O-]. The van der Waals surface area contributed by atoms with E-state index in [-0.39, 0.29) is 11.6 Å². The van der Waals surface area contributed by atoms with Crippen LogP contribution in [0.4, 0.5) is 5.69 Å². The number of amides is 1. The first-order valence-corrected chi connectivity index (χ1v) is 5.82. The maximum absolute atomic E-state index is 11.8. The van der Waals surface area contributed by atoms with Gasteiger partial charge < -0.3 is 10.6 Å². The quantitative estimate of drug-likeness (QED) is 0.612. The zero-order valence-corrected chi connectivity index (χ0v) is 10.1. The third kappa shape index (κ3) is 2.65. The van der Waals surface area contributed by atoms with Gasteiger partial charge in [-0.05, 0) is 13.0 Å². The maximum Gasteiger partial charge on any atom is 0.273 e. The third-order valence-electron chi connectivity index (χ3n) is 3.09. The number of nitro benzene ring substituents is 1. The zero-order valence-electron chi connectivity index (χ0n) is 10.1. The maximum atomic E-state index is 11.8. The third-order valence-corrected chi connectivity index (χ3v) is 3.09. The van der Waals surface area contributed by atoms with Crippen molar-refractivity contribution < 1.29 is 9.72 Å². The number of hydrogen-bond donors (Lipinski definition) is 2. The van der Waals surface area contributed by atoms with E-state index in [9.17, 15) is 14.9 Å². The second kappa shape index (κ2) is 5.14. The van der Waals surface area contributed by atoms with Gasteiger partial charge in [0.1, 0.15) is 0 Å². The minimum Gasteiger partial charge on any atom is -0.352 e. The van der Waals surface area contributed by atoms with Gasteiger partial charge in [0.15, 0.2) is 0 Å². The van der Waals surface area contributed by atoms with Gasteiger partial charge in [-0.25, -0.2) is 0 Å². The molecule has 1 fully saturated rings. The number of carbonyl (C=O) groups is 1. The van der Waals surface area contributed by atoms with Crippen LogP contribution in [0.3, 0.4) is 0 Å². The van der Waals surface area contributed by atoms with E-state index >= 15 is 0 Å². The molecule has 18 heavy (non-hydrogen) atoms. The molecule has 0 radical (unpaired) electrons. The summed E-state index contributed by atoms with van der Waals surface area (Å²) in [5.41, 5.74) is 0.868. The smallest absolute Gasteiger partial charge is 0.273 e. The lowest BCUT2D eigenvalue weighted by atomic mass is 10.0. The highest BCUT2D eigenvalue weighted by molar-refractivity contribution is 5.94. The highest BCUT2D eigenvalue weighted by Crippen LogP contribution is 2.19.